The molecule has 0 amide bonds. The normalized spacial score (nSPS) is 13.5. The fraction of sp³-hybridized carbons (Fsp3) is 0.0857. The molecule has 72 heavy (non-hydrogen) atoms. The van der Waals surface area contributed by atoms with Crippen molar-refractivity contribution in [2.75, 3.05) is 4.90 Å². The zero-order valence-electron chi connectivity index (χ0n) is 41.2. The average molecular weight is 926 g/mol. The van der Waals surface area contributed by atoms with E-state index >= 15 is 0 Å². The minimum Gasteiger partial charge on any atom is -0.455 e. The molecule has 1 aliphatic rings. The molecule has 0 saturated carbocycles. The lowest BCUT2D eigenvalue weighted by Gasteiger charge is -2.34. The molecule has 12 rings (SSSR count). The molecule has 1 aromatic heterocycles. The van der Waals surface area contributed by atoms with Crippen molar-refractivity contribution in [2.45, 2.75) is 38.5 Å². The third-order valence-corrected chi connectivity index (χ3v) is 15.0. The first kappa shape index (κ1) is 44.5. The van der Waals surface area contributed by atoms with Crippen molar-refractivity contribution in [1.29, 1.82) is 0 Å². The van der Waals surface area contributed by atoms with Crippen LogP contribution < -0.4 is 4.90 Å². The van der Waals surface area contributed by atoms with Crippen molar-refractivity contribution in [3.63, 3.8) is 0 Å². The Bertz CT molecular complexity index is 3860. The Morgan fingerprint density at radius 2 is 1.08 bits per heavy atom. The minimum atomic E-state index is -0.535. The van der Waals surface area contributed by atoms with Gasteiger partial charge in [0.2, 0.25) is 0 Å². The molecule has 0 radical (unpaired) electrons. The summed E-state index contributed by atoms with van der Waals surface area (Å²) in [5.41, 5.74) is 19.5. The highest BCUT2D eigenvalue weighted by Gasteiger charge is 2.45. The monoisotopic (exact) mass is 925 g/mol. The number of hydrogen-bond donors (Lipinski definition) is 0. The van der Waals surface area contributed by atoms with Gasteiger partial charge in [-0.25, -0.2) is 0 Å². The average Bonchev–Trinajstić information content (AvgIpc) is 3.93. The van der Waals surface area contributed by atoms with Crippen LogP contribution in [0.1, 0.15) is 55.5 Å². The van der Waals surface area contributed by atoms with Gasteiger partial charge in [0, 0.05) is 33.2 Å². The first-order valence-electron chi connectivity index (χ1n) is 25.0. The summed E-state index contributed by atoms with van der Waals surface area (Å²) in [6.07, 6.45) is 4.44. The van der Waals surface area contributed by atoms with Crippen molar-refractivity contribution in [2.24, 2.45) is 0 Å². The number of rotatable bonds is 10. The maximum atomic E-state index is 6.91. The lowest BCUT2D eigenvalue weighted by molar-refractivity contribution is 0.590. The maximum absolute atomic E-state index is 6.91. The summed E-state index contributed by atoms with van der Waals surface area (Å²) in [7, 11) is 0. The molecule has 0 aliphatic heterocycles. The molecule has 2 nitrogen and oxygen atoms in total. The van der Waals surface area contributed by atoms with Gasteiger partial charge in [0.1, 0.15) is 11.2 Å². The molecule has 2 heteroatoms. The summed E-state index contributed by atoms with van der Waals surface area (Å²) in [5, 5.41) is 4.45. The molecule has 0 unspecified atom stereocenters. The standard InChI is InChI=1S/C70H55NO/c1-6-55(46-61-47(2)70(53-26-12-8-13-27-53,54-28-14-9-15-29-54)63-35-20-18-31-57(61)63)71(64-43-40-51(45-62(64)49-23-10-7-11-24-49)48-37-41-52(42-38-48)69(3,4)5)65-44-39-50-25-16-17-30-56(50)67(65)60-34-22-33-59-58-32-19-21-36-66(58)72-68(59)60/h6-46H,1H2,2-5H3/b55-46+. The molecular weight excluding hydrogens is 871 g/mol. The summed E-state index contributed by atoms with van der Waals surface area (Å²) >= 11 is 0. The third kappa shape index (κ3) is 7.33. The van der Waals surface area contributed by atoms with E-state index in [-0.39, 0.29) is 5.41 Å². The fourth-order valence-corrected chi connectivity index (χ4v) is 11.5. The van der Waals surface area contributed by atoms with E-state index in [1.165, 1.54) is 39.0 Å². The molecular formula is C70H55NO. The highest BCUT2D eigenvalue weighted by molar-refractivity contribution is 6.15. The van der Waals surface area contributed by atoms with E-state index in [0.717, 1.165) is 83.2 Å². The van der Waals surface area contributed by atoms with Gasteiger partial charge in [-0.3, -0.25) is 0 Å². The first-order chi connectivity index (χ1) is 35.2. The van der Waals surface area contributed by atoms with Crippen LogP contribution in [0.3, 0.4) is 0 Å². The van der Waals surface area contributed by atoms with Crippen molar-refractivity contribution in [1.82, 2.24) is 0 Å². The third-order valence-electron chi connectivity index (χ3n) is 15.0. The fourth-order valence-electron chi connectivity index (χ4n) is 11.5. The molecule has 0 bridgehead atoms. The number of nitrogens with zero attached hydrogens (tertiary/aromatic N) is 1. The molecule has 10 aromatic carbocycles. The van der Waals surface area contributed by atoms with Gasteiger partial charge in [0.15, 0.2) is 0 Å². The SMILES string of the molecule is C=C/C(=C\C1=C(C)C(c2ccccc2)(c2ccccc2)c2ccccc21)N(c1ccc(-c2ccc(C(C)(C)C)cc2)cc1-c1ccccc1)c1ccc2ccccc2c1-c1cccc2c1oc1ccccc12. The van der Waals surface area contributed by atoms with Crippen LogP contribution in [-0.2, 0) is 10.8 Å². The van der Waals surface area contributed by atoms with Crippen molar-refractivity contribution < 1.29 is 4.42 Å². The number of furan rings is 1. The van der Waals surface area contributed by atoms with Gasteiger partial charge in [0.25, 0.3) is 0 Å². The van der Waals surface area contributed by atoms with Gasteiger partial charge in [-0.15, -0.1) is 0 Å². The topological polar surface area (TPSA) is 16.4 Å². The first-order valence-corrected chi connectivity index (χ1v) is 25.0. The predicted octanol–water partition coefficient (Wildman–Crippen LogP) is 19.1. The highest BCUT2D eigenvalue weighted by Crippen LogP contribution is 2.56. The van der Waals surface area contributed by atoms with Gasteiger partial charge >= 0.3 is 0 Å². The van der Waals surface area contributed by atoms with Gasteiger partial charge in [-0.1, -0.05) is 240 Å². The van der Waals surface area contributed by atoms with Crippen LogP contribution in [0.2, 0.25) is 0 Å². The van der Waals surface area contributed by atoms with E-state index < -0.39 is 5.41 Å². The summed E-state index contributed by atoms with van der Waals surface area (Å²) < 4.78 is 6.91. The molecule has 11 aromatic rings. The Morgan fingerprint density at radius 3 is 1.79 bits per heavy atom. The second-order valence-corrected chi connectivity index (χ2v) is 20.1. The number of fused-ring (bicyclic) bond motifs is 5. The quantitative estimate of drug-likeness (QED) is 0.127. The van der Waals surface area contributed by atoms with Crippen LogP contribution in [0.25, 0.3) is 71.7 Å². The zero-order valence-corrected chi connectivity index (χ0v) is 41.2. The molecule has 0 N–H and O–H groups in total. The number of para-hydroxylation sites is 2. The Labute approximate surface area is 423 Å². The molecule has 0 spiro atoms. The van der Waals surface area contributed by atoms with Crippen LogP contribution in [0.4, 0.5) is 11.4 Å². The van der Waals surface area contributed by atoms with E-state index in [0.29, 0.717) is 0 Å². The lowest BCUT2D eigenvalue weighted by Crippen LogP contribution is -2.28. The zero-order chi connectivity index (χ0) is 49.0. The smallest absolute Gasteiger partial charge is 0.143 e. The molecule has 1 aliphatic carbocycles. The summed E-state index contributed by atoms with van der Waals surface area (Å²) in [4.78, 5) is 2.46. The Balaban J connectivity index is 1.18. The van der Waals surface area contributed by atoms with Gasteiger partial charge in [0.05, 0.1) is 16.8 Å². The minimum absolute atomic E-state index is 0.0469. The van der Waals surface area contributed by atoms with Gasteiger partial charge in [-0.05, 0) is 115 Å². The van der Waals surface area contributed by atoms with E-state index in [1.807, 2.05) is 12.1 Å². The van der Waals surface area contributed by atoms with Crippen LogP contribution in [0.5, 0.6) is 0 Å². The number of benzene rings is 10. The number of hydrogen-bond acceptors (Lipinski definition) is 2. The molecule has 0 saturated heterocycles. The number of allylic oxidation sites excluding steroid dienone is 4. The second kappa shape index (κ2) is 17.9. The van der Waals surface area contributed by atoms with Crippen molar-refractivity contribution in [3.05, 3.63) is 294 Å². The second-order valence-electron chi connectivity index (χ2n) is 20.1. The van der Waals surface area contributed by atoms with E-state index in [2.05, 4.69) is 269 Å². The molecule has 346 valence electrons. The Hall–Kier alpha value is -8.72. The number of anilines is 2. The summed E-state index contributed by atoms with van der Waals surface area (Å²) in [5.74, 6) is 0. The Morgan fingerprint density at radius 1 is 0.500 bits per heavy atom. The largest absolute Gasteiger partial charge is 0.455 e. The maximum Gasteiger partial charge on any atom is 0.143 e. The van der Waals surface area contributed by atoms with E-state index in [9.17, 15) is 0 Å². The summed E-state index contributed by atoms with van der Waals surface area (Å²) in [6.45, 7) is 13.8. The van der Waals surface area contributed by atoms with Crippen molar-refractivity contribution in [3.8, 4) is 33.4 Å². The highest BCUT2D eigenvalue weighted by atomic mass is 16.3. The predicted molar refractivity (Wildman–Crippen MR) is 305 cm³/mol. The molecule has 1 heterocycles. The van der Waals surface area contributed by atoms with E-state index in [4.69, 9.17) is 11.0 Å². The van der Waals surface area contributed by atoms with Crippen LogP contribution in [-0.4, -0.2) is 0 Å². The van der Waals surface area contributed by atoms with Crippen LogP contribution >= 0.6 is 0 Å². The molecule has 0 atom stereocenters. The van der Waals surface area contributed by atoms with E-state index in [1.54, 1.807) is 0 Å². The van der Waals surface area contributed by atoms with Gasteiger partial charge in [-0.2, -0.15) is 0 Å². The molecule has 0 fully saturated rings. The van der Waals surface area contributed by atoms with Gasteiger partial charge < -0.3 is 9.32 Å². The summed E-state index contributed by atoms with van der Waals surface area (Å²) in [6, 6.07) is 86.1. The Kier molecular flexibility index (Phi) is 11.1. The lowest BCUT2D eigenvalue weighted by atomic mass is 9.67. The van der Waals surface area contributed by atoms with Crippen LogP contribution in [0.15, 0.2) is 271 Å². The van der Waals surface area contributed by atoms with Crippen molar-refractivity contribution >= 4 is 49.7 Å². The van der Waals surface area contributed by atoms with Crippen LogP contribution in [0, 0.1) is 0 Å².